The molecule has 0 fully saturated rings. The molecule has 2 nitrogen and oxygen atoms in total. The number of hydrogen-bond donors (Lipinski definition) is 0. The Kier molecular flexibility index (Phi) is 6.23. The topological polar surface area (TPSA) is 12.5 Å². The van der Waals surface area contributed by atoms with E-state index < -0.39 is 0 Å². The molecule has 0 aliphatic heterocycles. The third-order valence-electron chi connectivity index (χ3n) is 3.89. The van der Waals surface area contributed by atoms with Crippen LogP contribution in [0.2, 0.25) is 0 Å². The standard InChI is InChI=1S/C19H26BNO/c1-5-17-8-12-19(13-9-17)20(22-15-14-21(3)4)18-10-6-16(2)7-11-18/h6-13H,5,14-15H2,1-4H3. The molecule has 0 N–H and O–H groups in total. The number of aryl methyl sites for hydroxylation is 2. The molecular weight excluding hydrogens is 269 g/mol. The first kappa shape index (κ1) is 16.8. The smallest absolute Gasteiger partial charge is 0.361 e. The Morgan fingerprint density at radius 1 is 0.909 bits per heavy atom. The van der Waals surface area contributed by atoms with E-state index in [0.29, 0.717) is 0 Å². The molecule has 0 amide bonds. The fourth-order valence-electron chi connectivity index (χ4n) is 2.41. The van der Waals surface area contributed by atoms with Crippen LogP contribution in [0, 0.1) is 6.92 Å². The summed E-state index contributed by atoms with van der Waals surface area (Å²) in [6.07, 6.45) is 1.07. The molecule has 116 valence electrons. The largest absolute Gasteiger partial charge is 0.426 e. The minimum Gasteiger partial charge on any atom is -0.426 e. The summed E-state index contributed by atoms with van der Waals surface area (Å²) in [5.74, 6) is 0. The monoisotopic (exact) mass is 295 g/mol. The molecule has 0 heterocycles. The molecule has 0 saturated heterocycles. The van der Waals surface area contributed by atoms with E-state index in [9.17, 15) is 0 Å². The van der Waals surface area contributed by atoms with Crippen LogP contribution < -0.4 is 10.9 Å². The van der Waals surface area contributed by atoms with Gasteiger partial charge in [-0.25, -0.2) is 0 Å². The van der Waals surface area contributed by atoms with Gasteiger partial charge in [-0.3, -0.25) is 0 Å². The van der Waals surface area contributed by atoms with E-state index in [1.807, 2.05) is 0 Å². The van der Waals surface area contributed by atoms with Crippen molar-refractivity contribution in [2.75, 3.05) is 27.2 Å². The minimum absolute atomic E-state index is 0.00598. The molecule has 2 aromatic carbocycles. The van der Waals surface area contributed by atoms with Crippen LogP contribution in [0.3, 0.4) is 0 Å². The first-order valence-corrected chi connectivity index (χ1v) is 8.02. The number of likely N-dealkylation sites (N-methyl/N-ethyl adjacent to an activating group) is 1. The van der Waals surface area contributed by atoms with Gasteiger partial charge < -0.3 is 9.55 Å². The molecule has 2 rings (SSSR count). The molecule has 0 radical (unpaired) electrons. The fraction of sp³-hybridized carbons (Fsp3) is 0.368. The lowest BCUT2D eigenvalue weighted by molar-refractivity contribution is 0.269. The van der Waals surface area contributed by atoms with Gasteiger partial charge in [0.1, 0.15) is 0 Å². The zero-order chi connectivity index (χ0) is 15.9. The molecule has 0 bridgehead atoms. The van der Waals surface area contributed by atoms with Crippen molar-refractivity contribution >= 4 is 17.8 Å². The lowest BCUT2D eigenvalue weighted by atomic mass is 9.55. The number of hydrogen-bond acceptors (Lipinski definition) is 2. The molecule has 0 aliphatic carbocycles. The van der Waals surface area contributed by atoms with Gasteiger partial charge in [0.25, 0.3) is 0 Å². The predicted octanol–water partition coefficient (Wildman–Crippen LogP) is 2.24. The number of rotatable bonds is 7. The van der Waals surface area contributed by atoms with Crippen LogP contribution in [0.1, 0.15) is 18.1 Å². The molecule has 3 heteroatoms. The predicted molar refractivity (Wildman–Crippen MR) is 96.5 cm³/mol. The van der Waals surface area contributed by atoms with E-state index >= 15 is 0 Å². The van der Waals surface area contributed by atoms with Gasteiger partial charge in [-0.2, -0.15) is 0 Å². The maximum atomic E-state index is 6.20. The zero-order valence-electron chi connectivity index (χ0n) is 14.2. The first-order chi connectivity index (χ1) is 10.6. The van der Waals surface area contributed by atoms with Crippen LogP contribution in [0.5, 0.6) is 0 Å². The van der Waals surface area contributed by atoms with E-state index in [1.165, 1.54) is 22.1 Å². The highest BCUT2D eigenvalue weighted by atomic mass is 16.4. The van der Waals surface area contributed by atoms with Crippen molar-refractivity contribution in [2.24, 2.45) is 0 Å². The molecule has 0 aromatic heterocycles. The van der Waals surface area contributed by atoms with Crippen LogP contribution in [-0.2, 0) is 11.1 Å². The summed E-state index contributed by atoms with van der Waals surface area (Å²) in [7, 11) is 4.14. The molecule has 0 saturated carbocycles. The molecule has 2 aromatic rings. The minimum atomic E-state index is 0.00598. The number of nitrogens with zero attached hydrogens (tertiary/aromatic N) is 1. The van der Waals surface area contributed by atoms with Crippen molar-refractivity contribution in [3.63, 3.8) is 0 Å². The van der Waals surface area contributed by atoms with Gasteiger partial charge in [-0.1, -0.05) is 61.0 Å². The van der Waals surface area contributed by atoms with Crippen molar-refractivity contribution in [2.45, 2.75) is 20.3 Å². The van der Waals surface area contributed by atoms with E-state index in [2.05, 4.69) is 81.4 Å². The zero-order valence-corrected chi connectivity index (χ0v) is 14.2. The second-order valence-electron chi connectivity index (χ2n) is 6.06. The van der Waals surface area contributed by atoms with Gasteiger partial charge in [-0.15, -0.1) is 0 Å². The quantitative estimate of drug-likeness (QED) is 0.726. The van der Waals surface area contributed by atoms with Crippen molar-refractivity contribution in [1.29, 1.82) is 0 Å². The van der Waals surface area contributed by atoms with Gasteiger partial charge in [-0.05, 0) is 43.9 Å². The molecule has 0 spiro atoms. The highest BCUT2D eigenvalue weighted by molar-refractivity contribution is 6.80. The lowest BCUT2D eigenvalue weighted by Crippen LogP contribution is -2.46. The van der Waals surface area contributed by atoms with E-state index in [-0.39, 0.29) is 6.92 Å². The Morgan fingerprint density at radius 3 is 1.95 bits per heavy atom. The second-order valence-corrected chi connectivity index (χ2v) is 6.06. The number of benzene rings is 2. The Labute approximate surface area is 135 Å². The van der Waals surface area contributed by atoms with Gasteiger partial charge in [0, 0.05) is 13.2 Å². The first-order valence-electron chi connectivity index (χ1n) is 8.02. The normalized spacial score (nSPS) is 11.0. The molecule has 0 aliphatic rings. The van der Waals surface area contributed by atoms with Crippen LogP contribution in [0.15, 0.2) is 48.5 Å². The van der Waals surface area contributed by atoms with Gasteiger partial charge >= 0.3 is 6.92 Å². The lowest BCUT2D eigenvalue weighted by Gasteiger charge is -2.18. The summed E-state index contributed by atoms with van der Waals surface area (Å²) in [5.41, 5.74) is 5.07. The maximum absolute atomic E-state index is 6.20. The summed E-state index contributed by atoms with van der Waals surface area (Å²) in [5, 5.41) is 0. The highest BCUT2D eigenvalue weighted by Gasteiger charge is 2.21. The van der Waals surface area contributed by atoms with Gasteiger partial charge in [0.15, 0.2) is 0 Å². The third-order valence-corrected chi connectivity index (χ3v) is 3.89. The molecule has 0 atom stereocenters. The van der Waals surface area contributed by atoms with Gasteiger partial charge in [0.2, 0.25) is 0 Å². The van der Waals surface area contributed by atoms with Crippen LogP contribution in [-0.4, -0.2) is 39.1 Å². The highest BCUT2D eigenvalue weighted by Crippen LogP contribution is 2.02. The molecule has 0 unspecified atom stereocenters. The summed E-state index contributed by atoms with van der Waals surface area (Å²) in [4.78, 5) is 2.15. The van der Waals surface area contributed by atoms with Crippen LogP contribution >= 0.6 is 0 Å². The molecule has 22 heavy (non-hydrogen) atoms. The van der Waals surface area contributed by atoms with E-state index in [1.54, 1.807) is 0 Å². The van der Waals surface area contributed by atoms with E-state index in [4.69, 9.17) is 4.65 Å². The Hall–Kier alpha value is -1.58. The van der Waals surface area contributed by atoms with Gasteiger partial charge in [0.05, 0.1) is 0 Å². The maximum Gasteiger partial charge on any atom is 0.361 e. The van der Waals surface area contributed by atoms with Crippen molar-refractivity contribution < 1.29 is 4.65 Å². The Morgan fingerprint density at radius 2 is 1.45 bits per heavy atom. The Bertz CT molecular complexity index is 563. The average Bonchev–Trinajstić information content (AvgIpc) is 2.53. The fourth-order valence-corrected chi connectivity index (χ4v) is 2.41. The summed E-state index contributed by atoms with van der Waals surface area (Å²) < 4.78 is 6.20. The van der Waals surface area contributed by atoms with Crippen molar-refractivity contribution in [3.8, 4) is 0 Å². The van der Waals surface area contributed by atoms with Crippen molar-refractivity contribution in [1.82, 2.24) is 4.90 Å². The summed E-state index contributed by atoms with van der Waals surface area (Å²) >= 11 is 0. The van der Waals surface area contributed by atoms with Crippen molar-refractivity contribution in [3.05, 3.63) is 59.7 Å². The SMILES string of the molecule is CCc1ccc(B(OCCN(C)C)c2ccc(C)cc2)cc1. The molecular formula is C19H26BNO. The summed E-state index contributed by atoms with van der Waals surface area (Å²) in [6.45, 7) is 5.95. The Balaban J connectivity index is 2.21. The van der Waals surface area contributed by atoms with Crippen LogP contribution in [0.4, 0.5) is 0 Å². The third kappa shape index (κ3) is 4.72. The average molecular weight is 295 g/mol. The summed E-state index contributed by atoms with van der Waals surface area (Å²) in [6, 6.07) is 17.4. The second kappa shape index (κ2) is 8.16. The van der Waals surface area contributed by atoms with E-state index in [0.717, 1.165) is 19.6 Å². The van der Waals surface area contributed by atoms with Crippen LogP contribution in [0.25, 0.3) is 0 Å².